The SMILES string of the molecule is N#CC1(NC(=O)CSc2ncnc3ccccc23)CCCC1. The van der Waals surface area contributed by atoms with Crippen LogP contribution < -0.4 is 5.32 Å². The molecular formula is C16H16N4OS. The summed E-state index contributed by atoms with van der Waals surface area (Å²) in [5, 5.41) is 13.9. The van der Waals surface area contributed by atoms with Crippen molar-refractivity contribution in [3.63, 3.8) is 0 Å². The van der Waals surface area contributed by atoms with E-state index < -0.39 is 5.54 Å². The summed E-state index contributed by atoms with van der Waals surface area (Å²) < 4.78 is 0. The van der Waals surface area contributed by atoms with E-state index >= 15 is 0 Å². The maximum atomic E-state index is 12.1. The third kappa shape index (κ3) is 3.04. The second-order valence-electron chi connectivity index (χ2n) is 5.43. The highest BCUT2D eigenvalue weighted by Gasteiger charge is 2.35. The Balaban J connectivity index is 1.67. The van der Waals surface area contributed by atoms with Crippen LogP contribution in [-0.4, -0.2) is 27.2 Å². The minimum Gasteiger partial charge on any atom is -0.337 e. The number of nitriles is 1. The highest BCUT2D eigenvalue weighted by molar-refractivity contribution is 8.00. The Labute approximate surface area is 133 Å². The van der Waals surface area contributed by atoms with E-state index in [0.717, 1.165) is 41.6 Å². The molecule has 0 unspecified atom stereocenters. The molecule has 2 aromatic rings. The summed E-state index contributed by atoms with van der Waals surface area (Å²) in [6.45, 7) is 0. The second kappa shape index (κ2) is 6.32. The molecule has 3 rings (SSSR count). The van der Waals surface area contributed by atoms with Gasteiger partial charge in [0.25, 0.3) is 0 Å². The van der Waals surface area contributed by atoms with Gasteiger partial charge in [-0.1, -0.05) is 30.0 Å². The first-order valence-corrected chi connectivity index (χ1v) is 8.26. The Morgan fingerprint density at radius 3 is 2.86 bits per heavy atom. The summed E-state index contributed by atoms with van der Waals surface area (Å²) in [4.78, 5) is 20.6. The van der Waals surface area contributed by atoms with Crippen LogP contribution in [0.3, 0.4) is 0 Å². The molecule has 1 heterocycles. The van der Waals surface area contributed by atoms with E-state index in [2.05, 4.69) is 21.4 Å². The van der Waals surface area contributed by atoms with Gasteiger partial charge in [0.1, 0.15) is 16.9 Å². The molecule has 0 aliphatic heterocycles. The van der Waals surface area contributed by atoms with E-state index in [-0.39, 0.29) is 11.7 Å². The van der Waals surface area contributed by atoms with Gasteiger partial charge in [-0.05, 0) is 31.7 Å². The molecule has 1 N–H and O–H groups in total. The molecule has 1 aromatic heterocycles. The number of para-hydroxylation sites is 1. The first-order valence-electron chi connectivity index (χ1n) is 7.27. The van der Waals surface area contributed by atoms with Crippen LogP contribution in [0.15, 0.2) is 35.6 Å². The number of rotatable bonds is 4. The van der Waals surface area contributed by atoms with Crippen molar-refractivity contribution in [1.82, 2.24) is 15.3 Å². The van der Waals surface area contributed by atoms with Gasteiger partial charge in [0.2, 0.25) is 5.91 Å². The van der Waals surface area contributed by atoms with Crippen molar-refractivity contribution >= 4 is 28.6 Å². The molecule has 112 valence electrons. The van der Waals surface area contributed by atoms with Gasteiger partial charge in [0, 0.05) is 5.39 Å². The zero-order valence-electron chi connectivity index (χ0n) is 12.1. The number of nitrogens with zero attached hydrogens (tertiary/aromatic N) is 3. The van der Waals surface area contributed by atoms with Gasteiger partial charge < -0.3 is 5.32 Å². The summed E-state index contributed by atoms with van der Waals surface area (Å²) in [6.07, 6.45) is 5.00. The third-order valence-corrected chi connectivity index (χ3v) is 4.90. The van der Waals surface area contributed by atoms with Gasteiger partial charge in [0.15, 0.2) is 0 Å². The lowest BCUT2D eigenvalue weighted by Crippen LogP contribution is -2.45. The number of fused-ring (bicyclic) bond motifs is 1. The summed E-state index contributed by atoms with van der Waals surface area (Å²) in [5.41, 5.74) is 0.204. The molecule has 1 fully saturated rings. The smallest absolute Gasteiger partial charge is 0.231 e. The Kier molecular flexibility index (Phi) is 4.25. The molecule has 22 heavy (non-hydrogen) atoms. The molecular weight excluding hydrogens is 296 g/mol. The number of amides is 1. The van der Waals surface area contributed by atoms with Crippen LogP contribution in [0.1, 0.15) is 25.7 Å². The van der Waals surface area contributed by atoms with Gasteiger partial charge in [-0.3, -0.25) is 4.79 Å². The number of carbonyl (C=O) groups is 1. The van der Waals surface area contributed by atoms with Crippen LogP contribution in [0, 0.1) is 11.3 Å². The molecule has 0 spiro atoms. The molecule has 1 aliphatic rings. The predicted octanol–water partition coefficient (Wildman–Crippen LogP) is 2.67. The first kappa shape index (κ1) is 14.8. The van der Waals surface area contributed by atoms with Crippen LogP contribution in [0.5, 0.6) is 0 Å². The van der Waals surface area contributed by atoms with Crippen molar-refractivity contribution in [2.45, 2.75) is 36.2 Å². The minimum absolute atomic E-state index is 0.115. The van der Waals surface area contributed by atoms with Crippen molar-refractivity contribution in [1.29, 1.82) is 5.26 Å². The predicted molar refractivity (Wildman–Crippen MR) is 85.2 cm³/mol. The zero-order valence-corrected chi connectivity index (χ0v) is 12.9. The summed E-state index contributed by atoms with van der Waals surface area (Å²) in [6, 6.07) is 9.99. The number of carbonyl (C=O) groups excluding carboxylic acids is 1. The summed E-state index contributed by atoms with van der Waals surface area (Å²) in [5.74, 6) is 0.140. The molecule has 6 heteroatoms. The number of thioether (sulfide) groups is 1. The maximum absolute atomic E-state index is 12.1. The van der Waals surface area contributed by atoms with E-state index in [1.165, 1.54) is 18.1 Å². The van der Waals surface area contributed by atoms with E-state index in [0.29, 0.717) is 0 Å². The molecule has 1 saturated carbocycles. The van der Waals surface area contributed by atoms with Crippen molar-refractivity contribution in [2.24, 2.45) is 0 Å². The van der Waals surface area contributed by atoms with Crippen molar-refractivity contribution in [2.75, 3.05) is 5.75 Å². The number of nitrogens with one attached hydrogen (secondary N) is 1. The molecule has 0 saturated heterocycles. The van der Waals surface area contributed by atoms with Gasteiger partial charge in [-0.15, -0.1) is 0 Å². The normalized spacial score (nSPS) is 16.3. The molecule has 0 bridgehead atoms. The van der Waals surface area contributed by atoms with Gasteiger partial charge in [-0.2, -0.15) is 5.26 Å². The zero-order chi connectivity index (χ0) is 15.4. The number of hydrogen-bond donors (Lipinski definition) is 1. The summed E-state index contributed by atoms with van der Waals surface area (Å²) in [7, 11) is 0. The third-order valence-electron chi connectivity index (χ3n) is 3.90. The molecule has 1 aliphatic carbocycles. The molecule has 1 amide bonds. The van der Waals surface area contributed by atoms with Gasteiger partial charge in [-0.25, -0.2) is 9.97 Å². The second-order valence-corrected chi connectivity index (χ2v) is 6.40. The number of hydrogen-bond acceptors (Lipinski definition) is 5. The molecule has 1 aromatic carbocycles. The van der Waals surface area contributed by atoms with Gasteiger partial charge in [0.05, 0.1) is 17.3 Å². The Hall–Kier alpha value is -2.13. The quantitative estimate of drug-likeness (QED) is 0.693. The van der Waals surface area contributed by atoms with Crippen molar-refractivity contribution < 1.29 is 4.79 Å². The largest absolute Gasteiger partial charge is 0.337 e. The van der Waals surface area contributed by atoms with E-state index in [1.807, 2.05) is 24.3 Å². The fourth-order valence-electron chi connectivity index (χ4n) is 2.78. The van der Waals surface area contributed by atoms with Crippen LogP contribution in [0.4, 0.5) is 0 Å². The standard InChI is InChI=1S/C16H16N4OS/c17-10-16(7-3-4-8-16)20-14(21)9-22-15-12-5-1-2-6-13(12)18-11-19-15/h1-2,5-6,11H,3-4,7-9H2,(H,20,21). The van der Waals surface area contributed by atoms with Gasteiger partial charge >= 0.3 is 0 Å². The monoisotopic (exact) mass is 312 g/mol. The lowest BCUT2D eigenvalue weighted by atomic mass is 10.0. The topological polar surface area (TPSA) is 78.7 Å². The van der Waals surface area contributed by atoms with Crippen LogP contribution >= 0.6 is 11.8 Å². The minimum atomic E-state index is -0.661. The highest BCUT2D eigenvalue weighted by Crippen LogP contribution is 2.29. The fraction of sp³-hybridized carbons (Fsp3) is 0.375. The fourth-order valence-corrected chi connectivity index (χ4v) is 3.57. The summed E-state index contributed by atoms with van der Waals surface area (Å²) >= 11 is 1.38. The Bertz CT molecular complexity index is 729. The van der Waals surface area contributed by atoms with Crippen molar-refractivity contribution in [3.8, 4) is 6.07 Å². The van der Waals surface area contributed by atoms with E-state index in [4.69, 9.17) is 0 Å². The first-order chi connectivity index (χ1) is 10.7. The molecule has 5 nitrogen and oxygen atoms in total. The van der Waals surface area contributed by atoms with Crippen molar-refractivity contribution in [3.05, 3.63) is 30.6 Å². The number of benzene rings is 1. The maximum Gasteiger partial charge on any atom is 0.231 e. The molecule has 0 atom stereocenters. The Morgan fingerprint density at radius 2 is 2.09 bits per heavy atom. The highest BCUT2D eigenvalue weighted by atomic mass is 32.2. The van der Waals surface area contributed by atoms with E-state index in [9.17, 15) is 10.1 Å². The van der Waals surface area contributed by atoms with Crippen LogP contribution in [-0.2, 0) is 4.79 Å². The van der Waals surface area contributed by atoms with E-state index in [1.54, 1.807) is 0 Å². The number of aromatic nitrogens is 2. The van der Waals surface area contributed by atoms with Crippen LogP contribution in [0.2, 0.25) is 0 Å². The average Bonchev–Trinajstić information content (AvgIpc) is 3.02. The lowest BCUT2D eigenvalue weighted by molar-refractivity contribution is -0.119. The molecule has 0 radical (unpaired) electrons. The van der Waals surface area contributed by atoms with Crippen LogP contribution in [0.25, 0.3) is 10.9 Å². The Morgan fingerprint density at radius 1 is 1.32 bits per heavy atom. The average molecular weight is 312 g/mol. The lowest BCUT2D eigenvalue weighted by Gasteiger charge is -2.21.